The summed E-state index contributed by atoms with van der Waals surface area (Å²) in [6.07, 6.45) is -4.83. The normalized spacial score (nSPS) is 11.7. The van der Waals surface area contributed by atoms with Crippen molar-refractivity contribution >= 4 is 23.2 Å². The lowest BCUT2D eigenvalue weighted by Crippen LogP contribution is -2.29. The van der Waals surface area contributed by atoms with Gasteiger partial charge in [0.15, 0.2) is 0 Å². The second-order valence-corrected chi connectivity index (χ2v) is 5.79. The maximum absolute atomic E-state index is 12.2. The van der Waals surface area contributed by atoms with Gasteiger partial charge in [0.25, 0.3) is 0 Å². The number of anilines is 1. The van der Waals surface area contributed by atoms with Gasteiger partial charge >= 0.3 is 12.1 Å². The molecule has 148 valence electrons. The van der Waals surface area contributed by atoms with Crippen LogP contribution >= 0.6 is 0 Å². The zero-order chi connectivity index (χ0) is 20.7. The molecule has 2 aromatic rings. The van der Waals surface area contributed by atoms with E-state index in [1.165, 1.54) is 24.3 Å². The topological polar surface area (TPSA) is 79.8 Å². The van der Waals surface area contributed by atoms with Crippen molar-refractivity contribution in [3.05, 3.63) is 59.7 Å². The Balaban J connectivity index is 1.93. The molecule has 0 aliphatic rings. The van der Waals surface area contributed by atoms with Crippen LogP contribution in [0.2, 0.25) is 0 Å². The Labute approximate surface area is 159 Å². The highest BCUT2D eigenvalue weighted by atomic mass is 19.4. The summed E-state index contributed by atoms with van der Waals surface area (Å²) in [7, 11) is 1.55. The Hall–Kier alpha value is -3.36. The minimum atomic E-state index is -4.95. The zero-order valence-electron chi connectivity index (χ0n) is 15.1. The number of benzene rings is 2. The number of ether oxygens (including phenoxy) is 1. The molecule has 0 bridgehead atoms. The van der Waals surface area contributed by atoms with Crippen molar-refractivity contribution in [1.82, 2.24) is 5.43 Å². The third-order valence-electron chi connectivity index (χ3n) is 3.69. The van der Waals surface area contributed by atoms with Crippen molar-refractivity contribution in [2.75, 3.05) is 12.4 Å². The fourth-order valence-corrected chi connectivity index (χ4v) is 2.18. The monoisotopic (exact) mass is 393 g/mol. The van der Waals surface area contributed by atoms with Crippen LogP contribution in [0.4, 0.5) is 18.9 Å². The molecule has 2 N–H and O–H groups in total. The minimum Gasteiger partial charge on any atom is -0.497 e. The summed E-state index contributed by atoms with van der Waals surface area (Å²) in [4.78, 5) is 22.9. The highest BCUT2D eigenvalue weighted by Crippen LogP contribution is 2.18. The van der Waals surface area contributed by atoms with Crippen molar-refractivity contribution in [3.63, 3.8) is 0 Å². The molecule has 6 nitrogen and oxygen atoms in total. The third kappa shape index (κ3) is 6.11. The van der Waals surface area contributed by atoms with Gasteiger partial charge in [-0.15, -0.1) is 0 Å². The van der Waals surface area contributed by atoms with Crippen molar-refractivity contribution in [2.45, 2.75) is 19.5 Å². The van der Waals surface area contributed by atoms with Crippen LogP contribution in [-0.4, -0.2) is 30.8 Å². The van der Waals surface area contributed by atoms with Crippen LogP contribution in [0, 0.1) is 0 Å². The zero-order valence-corrected chi connectivity index (χ0v) is 15.1. The molecule has 0 radical (unpaired) electrons. The number of carbonyl (C=O) groups excluding carboxylic acids is 2. The van der Waals surface area contributed by atoms with Gasteiger partial charge in [-0.1, -0.05) is 24.3 Å². The van der Waals surface area contributed by atoms with E-state index in [1.807, 2.05) is 0 Å². The van der Waals surface area contributed by atoms with E-state index in [2.05, 4.69) is 10.5 Å². The standard InChI is InChI=1S/C19H18F3N3O3/c1-12(14-5-7-15(8-6-14)23-18(27)19(20,21)22)24-25-17(26)11-13-3-9-16(28-2)10-4-13/h3-10H,11H2,1-2H3,(H,23,27)(H,25,26)/b24-12-. The number of nitrogens with zero attached hydrogens (tertiary/aromatic N) is 1. The minimum absolute atomic E-state index is 0.00224. The summed E-state index contributed by atoms with van der Waals surface area (Å²) in [5, 5.41) is 5.73. The van der Waals surface area contributed by atoms with E-state index in [9.17, 15) is 22.8 Å². The molecule has 0 saturated heterocycles. The van der Waals surface area contributed by atoms with Gasteiger partial charge in [-0.3, -0.25) is 9.59 Å². The molecule has 0 unspecified atom stereocenters. The molecule has 0 atom stereocenters. The molecule has 0 aliphatic heterocycles. The maximum Gasteiger partial charge on any atom is 0.471 e. The number of alkyl halides is 3. The van der Waals surface area contributed by atoms with Crippen LogP contribution in [0.25, 0.3) is 0 Å². The molecule has 0 aromatic heterocycles. The number of carbonyl (C=O) groups is 2. The molecule has 0 saturated carbocycles. The number of hydrogen-bond acceptors (Lipinski definition) is 4. The maximum atomic E-state index is 12.2. The summed E-state index contributed by atoms with van der Waals surface area (Å²) < 4.78 is 41.8. The first kappa shape index (κ1) is 20.9. The van der Waals surface area contributed by atoms with Gasteiger partial charge in [-0.2, -0.15) is 18.3 Å². The lowest BCUT2D eigenvalue weighted by molar-refractivity contribution is -0.167. The summed E-state index contributed by atoms with van der Waals surface area (Å²) in [6.45, 7) is 1.64. The molecule has 0 spiro atoms. The first-order chi connectivity index (χ1) is 13.2. The highest BCUT2D eigenvalue weighted by molar-refractivity contribution is 6.00. The van der Waals surface area contributed by atoms with Crippen LogP contribution in [0.5, 0.6) is 5.75 Å². The molecular formula is C19H18F3N3O3. The van der Waals surface area contributed by atoms with Gasteiger partial charge in [0.1, 0.15) is 5.75 Å². The van der Waals surface area contributed by atoms with E-state index < -0.39 is 12.1 Å². The second kappa shape index (κ2) is 9.03. The lowest BCUT2D eigenvalue weighted by Gasteiger charge is -2.08. The predicted octanol–water partition coefficient (Wildman–Crippen LogP) is 3.28. The molecule has 0 aliphatic carbocycles. The van der Waals surface area contributed by atoms with Crippen LogP contribution in [0.3, 0.4) is 0 Å². The highest BCUT2D eigenvalue weighted by Gasteiger charge is 2.38. The van der Waals surface area contributed by atoms with Crippen molar-refractivity contribution in [1.29, 1.82) is 0 Å². The van der Waals surface area contributed by atoms with E-state index in [0.717, 1.165) is 5.56 Å². The van der Waals surface area contributed by atoms with Crippen molar-refractivity contribution in [2.24, 2.45) is 5.10 Å². The fourth-order valence-electron chi connectivity index (χ4n) is 2.18. The Morgan fingerprint density at radius 1 is 1.04 bits per heavy atom. The van der Waals surface area contributed by atoms with Gasteiger partial charge in [-0.05, 0) is 42.3 Å². The van der Waals surface area contributed by atoms with Crippen LogP contribution < -0.4 is 15.5 Å². The summed E-state index contributed by atoms with van der Waals surface area (Å²) in [5.74, 6) is -1.68. The fraction of sp³-hybridized carbons (Fsp3) is 0.211. The van der Waals surface area contributed by atoms with Crippen molar-refractivity contribution < 1.29 is 27.5 Å². The SMILES string of the molecule is COc1ccc(CC(=O)N/N=C(/C)c2ccc(NC(=O)C(F)(F)F)cc2)cc1. The van der Waals surface area contributed by atoms with Gasteiger partial charge in [0.05, 0.1) is 19.2 Å². The van der Waals surface area contributed by atoms with E-state index in [0.29, 0.717) is 17.0 Å². The molecule has 9 heteroatoms. The Morgan fingerprint density at radius 3 is 2.18 bits per heavy atom. The van der Waals surface area contributed by atoms with Crippen LogP contribution in [-0.2, 0) is 16.0 Å². The van der Waals surface area contributed by atoms with Crippen LogP contribution in [0.1, 0.15) is 18.1 Å². The molecule has 0 heterocycles. The van der Waals surface area contributed by atoms with E-state index in [1.54, 1.807) is 43.6 Å². The molecule has 28 heavy (non-hydrogen) atoms. The van der Waals surface area contributed by atoms with E-state index in [4.69, 9.17) is 4.74 Å². The quantitative estimate of drug-likeness (QED) is 0.584. The number of amides is 2. The Bertz CT molecular complexity index is 861. The van der Waals surface area contributed by atoms with E-state index in [-0.39, 0.29) is 18.0 Å². The summed E-state index contributed by atoms with van der Waals surface area (Å²) >= 11 is 0. The molecule has 0 fully saturated rings. The number of rotatable bonds is 6. The summed E-state index contributed by atoms with van der Waals surface area (Å²) in [6, 6.07) is 12.6. The number of hydrogen-bond donors (Lipinski definition) is 2. The average molecular weight is 393 g/mol. The molecule has 2 aromatic carbocycles. The predicted molar refractivity (Wildman–Crippen MR) is 98.2 cm³/mol. The smallest absolute Gasteiger partial charge is 0.471 e. The first-order valence-corrected chi connectivity index (χ1v) is 8.13. The van der Waals surface area contributed by atoms with Crippen LogP contribution in [0.15, 0.2) is 53.6 Å². The summed E-state index contributed by atoms with van der Waals surface area (Å²) in [5.41, 5.74) is 4.25. The van der Waals surface area contributed by atoms with E-state index >= 15 is 0 Å². The Morgan fingerprint density at radius 2 is 1.64 bits per heavy atom. The number of methoxy groups -OCH3 is 1. The average Bonchev–Trinajstić information content (AvgIpc) is 2.66. The molecular weight excluding hydrogens is 375 g/mol. The molecule has 2 rings (SSSR count). The first-order valence-electron chi connectivity index (χ1n) is 8.13. The lowest BCUT2D eigenvalue weighted by atomic mass is 10.1. The van der Waals surface area contributed by atoms with Gasteiger partial charge < -0.3 is 10.1 Å². The number of nitrogens with one attached hydrogen (secondary N) is 2. The second-order valence-electron chi connectivity index (χ2n) is 5.79. The van der Waals surface area contributed by atoms with Gasteiger partial charge in [0.2, 0.25) is 5.91 Å². The van der Waals surface area contributed by atoms with Gasteiger partial charge in [0, 0.05) is 5.69 Å². The molecule has 2 amide bonds. The third-order valence-corrected chi connectivity index (χ3v) is 3.69. The largest absolute Gasteiger partial charge is 0.497 e. The Kier molecular flexibility index (Phi) is 6.75. The number of halogens is 3. The van der Waals surface area contributed by atoms with Crippen molar-refractivity contribution in [3.8, 4) is 5.75 Å². The van der Waals surface area contributed by atoms with Gasteiger partial charge in [-0.25, -0.2) is 5.43 Å². The number of hydrazone groups is 1.